The van der Waals surface area contributed by atoms with Crippen LogP contribution in [0.5, 0.6) is 0 Å². The van der Waals surface area contributed by atoms with Gasteiger partial charge >= 0.3 is 0 Å². The molecular weight excluding hydrogens is 245 g/mol. The second-order valence-corrected chi connectivity index (χ2v) is 5.00. The summed E-state index contributed by atoms with van der Waals surface area (Å²) in [4.78, 5) is 1.02. The van der Waals surface area contributed by atoms with Crippen molar-refractivity contribution in [3.8, 4) is 0 Å². The van der Waals surface area contributed by atoms with Crippen LogP contribution in [0.15, 0.2) is 29.6 Å². The summed E-state index contributed by atoms with van der Waals surface area (Å²) in [5.41, 5.74) is 7.41. The van der Waals surface area contributed by atoms with E-state index in [-0.39, 0.29) is 11.9 Å². The fourth-order valence-electron chi connectivity index (χ4n) is 1.54. The zero-order valence-corrected chi connectivity index (χ0v) is 10.3. The molecule has 0 bridgehead atoms. The predicted molar refractivity (Wildman–Crippen MR) is 66.5 cm³/mol. The maximum Gasteiger partial charge on any atom is 0.127 e. The molecule has 16 heavy (non-hydrogen) atoms. The van der Waals surface area contributed by atoms with E-state index in [9.17, 15) is 4.39 Å². The van der Waals surface area contributed by atoms with Crippen molar-refractivity contribution >= 4 is 22.9 Å². The number of rotatable bonds is 2. The molecule has 1 atom stereocenters. The number of halogens is 2. The average molecular weight is 256 g/mol. The van der Waals surface area contributed by atoms with Gasteiger partial charge in [0, 0.05) is 9.90 Å². The van der Waals surface area contributed by atoms with Crippen LogP contribution in [-0.4, -0.2) is 0 Å². The molecule has 0 aliphatic rings. The number of benzene rings is 1. The van der Waals surface area contributed by atoms with E-state index in [0.717, 1.165) is 10.4 Å². The third kappa shape index (κ3) is 2.12. The van der Waals surface area contributed by atoms with E-state index in [2.05, 4.69) is 0 Å². The number of nitrogens with two attached hydrogens (primary N) is 1. The van der Waals surface area contributed by atoms with E-state index in [1.807, 2.05) is 17.5 Å². The van der Waals surface area contributed by atoms with Gasteiger partial charge in [-0.3, -0.25) is 0 Å². The second-order valence-electron chi connectivity index (χ2n) is 3.62. The Morgan fingerprint density at radius 3 is 2.81 bits per heavy atom. The molecule has 0 saturated carbocycles. The van der Waals surface area contributed by atoms with Gasteiger partial charge in [0.15, 0.2) is 0 Å². The van der Waals surface area contributed by atoms with Gasteiger partial charge in [0.05, 0.1) is 6.04 Å². The summed E-state index contributed by atoms with van der Waals surface area (Å²) in [5.74, 6) is -0.299. The molecule has 1 nitrogen and oxygen atoms in total. The fourth-order valence-corrected chi connectivity index (χ4v) is 2.55. The lowest BCUT2D eigenvalue weighted by Gasteiger charge is -2.13. The smallest absolute Gasteiger partial charge is 0.127 e. The lowest BCUT2D eigenvalue weighted by atomic mass is 10.0. The molecule has 0 aliphatic heterocycles. The third-order valence-corrected chi connectivity index (χ3v) is 3.75. The van der Waals surface area contributed by atoms with Crippen molar-refractivity contribution in [3.63, 3.8) is 0 Å². The van der Waals surface area contributed by atoms with Gasteiger partial charge in [0.2, 0.25) is 0 Å². The number of hydrogen-bond donors (Lipinski definition) is 1. The van der Waals surface area contributed by atoms with Gasteiger partial charge < -0.3 is 5.73 Å². The highest BCUT2D eigenvalue weighted by Crippen LogP contribution is 2.30. The minimum absolute atomic E-state index is 0.285. The first-order chi connectivity index (χ1) is 7.59. The molecule has 1 heterocycles. The van der Waals surface area contributed by atoms with E-state index in [0.29, 0.717) is 10.6 Å². The molecule has 1 unspecified atom stereocenters. The van der Waals surface area contributed by atoms with Crippen LogP contribution >= 0.6 is 22.9 Å². The summed E-state index contributed by atoms with van der Waals surface area (Å²) >= 11 is 7.57. The van der Waals surface area contributed by atoms with Gasteiger partial charge in [-0.15, -0.1) is 11.3 Å². The number of aryl methyl sites for hydroxylation is 1. The first-order valence-electron chi connectivity index (χ1n) is 4.84. The van der Waals surface area contributed by atoms with Gasteiger partial charge in [-0.25, -0.2) is 4.39 Å². The van der Waals surface area contributed by atoms with Crippen LogP contribution < -0.4 is 5.73 Å². The first-order valence-corrected chi connectivity index (χ1v) is 6.10. The molecule has 84 valence electrons. The Labute approximate surface area is 103 Å². The minimum atomic E-state index is -0.299. The zero-order chi connectivity index (χ0) is 11.7. The monoisotopic (exact) mass is 255 g/mol. The maximum atomic E-state index is 13.2. The summed E-state index contributed by atoms with van der Waals surface area (Å²) in [7, 11) is 0. The highest BCUT2D eigenvalue weighted by molar-refractivity contribution is 7.10. The minimum Gasteiger partial charge on any atom is -0.320 e. The van der Waals surface area contributed by atoms with Crippen LogP contribution in [0, 0.1) is 12.7 Å². The van der Waals surface area contributed by atoms with Crippen molar-refractivity contribution in [1.29, 1.82) is 0 Å². The van der Waals surface area contributed by atoms with E-state index in [1.165, 1.54) is 6.07 Å². The molecular formula is C12H11ClFNS. The van der Waals surface area contributed by atoms with Crippen LogP contribution in [-0.2, 0) is 0 Å². The molecule has 1 aromatic carbocycles. The summed E-state index contributed by atoms with van der Waals surface area (Å²) < 4.78 is 13.2. The molecule has 4 heteroatoms. The largest absolute Gasteiger partial charge is 0.320 e. The van der Waals surface area contributed by atoms with Gasteiger partial charge in [0.1, 0.15) is 5.82 Å². The Morgan fingerprint density at radius 1 is 1.44 bits per heavy atom. The molecule has 2 N–H and O–H groups in total. The van der Waals surface area contributed by atoms with Crippen molar-refractivity contribution in [3.05, 3.63) is 56.5 Å². The van der Waals surface area contributed by atoms with Crippen LogP contribution in [0.2, 0.25) is 5.02 Å². The standard InChI is InChI=1S/C12H11ClFNS/c1-7-5-8(9(13)6-10(7)14)12(15)11-3-2-4-16-11/h2-6,12H,15H2,1H3. The molecule has 0 aliphatic carbocycles. The Balaban J connectivity index is 2.44. The Bertz CT molecular complexity index is 496. The molecule has 2 rings (SSSR count). The van der Waals surface area contributed by atoms with E-state index >= 15 is 0 Å². The topological polar surface area (TPSA) is 26.0 Å². The van der Waals surface area contributed by atoms with Gasteiger partial charge in [-0.05, 0) is 41.6 Å². The lowest BCUT2D eigenvalue weighted by molar-refractivity contribution is 0.617. The van der Waals surface area contributed by atoms with Crippen molar-refractivity contribution in [2.24, 2.45) is 5.73 Å². The summed E-state index contributed by atoms with van der Waals surface area (Å²) in [6, 6.07) is 6.63. The second kappa shape index (κ2) is 4.53. The Kier molecular flexibility index (Phi) is 3.28. The van der Waals surface area contributed by atoms with E-state index < -0.39 is 0 Å². The van der Waals surface area contributed by atoms with Crippen LogP contribution in [0.1, 0.15) is 22.0 Å². The summed E-state index contributed by atoms with van der Waals surface area (Å²) in [5, 5.41) is 2.34. The van der Waals surface area contributed by atoms with E-state index in [1.54, 1.807) is 24.3 Å². The Morgan fingerprint density at radius 2 is 2.19 bits per heavy atom. The SMILES string of the molecule is Cc1cc(C(N)c2cccs2)c(Cl)cc1F. The molecule has 0 saturated heterocycles. The average Bonchev–Trinajstić information content (AvgIpc) is 2.75. The van der Waals surface area contributed by atoms with Crippen molar-refractivity contribution < 1.29 is 4.39 Å². The molecule has 0 fully saturated rings. The van der Waals surface area contributed by atoms with Gasteiger partial charge in [-0.2, -0.15) is 0 Å². The van der Waals surface area contributed by atoms with Crippen LogP contribution in [0.4, 0.5) is 4.39 Å². The number of thiophene rings is 1. The van der Waals surface area contributed by atoms with Crippen LogP contribution in [0.25, 0.3) is 0 Å². The molecule has 0 radical (unpaired) electrons. The van der Waals surface area contributed by atoms with Crippen molar-refractivity contribution in [2.75, 3.05) is 0 Å². The quantitative estimate of drug-likeness (QED) is 0.866. The lowest BCUT2D eigenvalue weighted by Crippen LogP contribution is -2.11. The van der Waals surface area contributed by atoms with Crippen molar-refractivity contribution in [1.82, 2.24) is 0 Å². The Hall–Kier alpha value is -0.900. The summed E-state index contributed by atoms with van der Waals surface area (Å²) in [6.45, 7) is 1.70. The van der Waals surface area contributed by atoms with Gasteiger partial charge in [-0.1, -0.05) is 17.7 Å². The predicted octanol–water partition coefficient (Wildman–Crippen LogP) is 3.90. The molecule has 0 spiro atoms. The fraction of sp³-hybridized carbons (Fsp3) is 0.167. The molecule has 1 aromatic heterocycles. The molecule has 0 amide bonds. The maximum absolute atomic E-state index is 13.2. The van der Waals surface area contributed by atoms with Gasteiger partial charge in [0.25, 0.3) is 0 Å². The normalized spacial score (nSPS) is 12.8. The highest BCUT2D eigenvalue weighted by Gasteiger charge is 2.15. The van der Waals surface area contributed by atoms with Crippen molar-refractivity contribution in [2.45, 2.75) is 13.0 Å². The summed E-state index contributed by atoms with van der Waals surface area (Å²) in [6.07, 6.45) is 0. The zero-order valence-electron chi connectivity index (χ0n) is 8.71. The first kappa shape index (κ1) is 11.6. The number of hydrogen-bond acceptors (Lipinski definition) is 2. The third-order valence-electron chi connectivity index (χ3n) is 2.46. The van der Waals surface area contributed by atoms with Crippen LogP contribution in [0.3, 0.4) is 0 Å². The molecule has 2 aromatic rings. The highest BCUT2D eigenvalue weighted by atomic mass is 35.5. The van der Waals surface area contributed by atoms with E-state index in [4.69, 9.17) is 17.3 Å².